The Labute approximate surface area is 216 Å². The van der Waals surface area contributed by atoms with Gasteiger partial charge >= 0.3 is 11.9 Å². The number of aliphatic hydroxyl groups excluding tert-OH is 1. The number of benzene rings is 2. The second-order valence-electron chi connectivity index (χ2n) is 8.02. The Morgan fingerprint density at radius 3 is 2.59 bits per heavy atom. The van der Waals surface area contributed by atoms with Crippen LogP contribution < -0.4 is 9.64 Å². The second kappa shape index (κ2) is 10.7. The number of thiazole rings is 1. The molecule has 0 bridgehead atoms. The topological polar surface area (TPSA) is 126 Å². The Morgan fingerprint density at radius 1 is 1.22 bits per heavy atom. The van der Waals surface area contributed by atoms with Crippen LogP contribution in [0.1, 0.15) is 39.5 Å². The maximum Gasteiger partial charge on any atom is 0.350 e. The largest absolute Gasteiger partial charge is 0.508 e. The number of rotatable bonds is 8. The smallest absolute Gasteiger partial charge is 0.350 e. The van der Waals surface area contributed by atoms with Crippen LogP contribution in [0.2, 0.25) is 0 Å². The highest BCUT2D eigenvalue weighted by Gasteiger charge is 2.48. The van der Waals surface area contributed by atoms with Gasteiger partial charge in [0.1, 0.15) is 28.7 Å². The number of hydrogen-bond donors (Lipinski definition) is 2. The lowest BCUT2D eigenvalue weighted by Gasteiger charge is -2.23. The zero-order valence-corrected chi connectivity index (χ0v) is 20.9. The van der Waals surface area contributed by atoms with E-state index in [9.17, 15) is 24.6 Å². The summed E-state index contributed by atoms with van der Waals surface area (Å²) in [6.45, 7) is 7.33. The summed E-state index contributed by atoms with van der Waals surface area (Å²) in [7, 11) is 0. The molecule has 10 heteroatoms. The van der Waals surface area contributed by atoms with Crippen molar-refractivity contribution in [2.45, 2.75) is 19.9 Å². The first-order valence-corrected chi connectivity index (χ1v) is 12.2. The molecule has 3 aromatic rings. The van der Waals surface area contributed by atoms with Crippen molar-refractivity contribution in [3.63, 3.8) is 0 Å². The molecule has 0 saturated carbocycles. The third kappa shape index (κ3) is 4.96. The fourth-order valence-electron chi connectivity index (χ4n) is 3.93. The van der Waals surface area contributed by atoms with Gasteiger partial charge in [0.15, 0.2) is 5.13 Å². The molecule has 2 heterocycles. The minimum absolute atomic E-state index is 0.0863. The lowest BCUT2D eigenvalue weighted by Crippen LogP contribution is -2.29. The molecule has 0 spiro atoms. The number of carbonyl (C=O) groups is 3. The fourth-order valence-corrected chi connectivity index (χ4v) is 4.92. The maximum atomic E-state index is 13.3. The van der Waals surface area contributed by atoms with Gasteiger partial charge < -0.3 is 19.7 Å². The maximum absolute atomic E-state index is 13.3. The summed E-state index contributed by atoms with van der Waals surface area (Å²) in [5.74, 6) is -2.40. The van der Waals surface area contributed by atoms with E-state index in [-0.39, 0.29) is 33.5 Å². The average molecular weight is 521 g/mol. The number of amides is 1. The van der Waals surface area contributed by atoms with E-state index in [1.54, 1.807) is 56.3 Å². The van der Waals surface area contributed by atoms with Crippen LogP contribution in [-0.2, 0) is 14.3 Å². The molecule has 2 aromatic carbocycles. The molecule has 1 aromatic heterocycles. The Bertz CT molecular complexity index is 1410. The molecule has 4 rings (SSSR count). The monoisotopic (exact) mass is 520 g/mol. The number of phenols is 1. The lowest BCUT2D eigenvalue weighted by atomic mass is 9.95. The van der Waals surface area contributed by atoms with Crippen molar-refractivity contribution in [3.05, 3.63) is 88.5 Å². The SMILES string of the molecule is C=CCOc1ccc(/C(O)=C2\C(=O)C(=O)N(c3nc(C)c(C(=O)OCC)s3)C2c2cccc(O)c2)cc1. The number of aliphatic hydroxyl groups is 1. The fraction of sp³-hybridized carbons (Fsp3) is 0.185. The molecule has 2 N–H and O–H groups in total. The highest BCUT2D eigenvalue weighted by Crippen LogP contribution is 2.44. The van der Waals surface area contributed by atoms with Crippen molar-refractivity contribution in [1.82, 2.24) is 4.98 Å². The first-order valence-electron chi connectivity index (χ1n) is 11.3. The van der Waals surface area contributed by atoms with E-state index in [1.807, 2.05) is 0 Å². The van der Waals surface area contributed by atoms with E-state index in [1.165, 1.54) is 12.1 Å². The Balaban J connectivity index is 1.85. The standard InChI is InChI=1S/C27H24N2O7S/c1-4-13-36-19-11-9-16(10-12-19)22(31)20-21(17-7-6-8-18(30)14-17)29(25(33)23(20)32)27-28-15(3)24(37-27)26(34)35-5-2/h4,6-12,14,21,30-31H,1,5,13H2,2-3H3/b22-20+. The van der Waals surface area contributed by atoms with Gasteiger partial charge in [-0.25, -0.2) is 9.78 Å². The third-order valence-corrected chi connectivity index (χ3v) is 6.71. The minimum Gasteiger partial charge on any atom is -0.508 e. The van der Waals surface area contributed by atoms with Crippen LogP contribution in [0.3, 0.4) is 0 Å². The molecular formula is C27H24N2O7S. The number of nitrogens with zero attached hydrogens (tertiary/aromatic N) is 2. The van der Waals surface area contributed by atoms with Crippen LogP contribution in [0.25, 0.3) is 5.76 Å². The number of phenolic OH excluding ortho intramolecular Hbond substituents is 1. The normalized spacial score (nSPS) is 16.6. The summed E-state index contributed by atoms with van der Waals surface area (Å²) < 4.78 is 10.5. The van der Waals surface area contributed by atoms with Crippen LogP contribution in [0.4, 0.5) is 5.13 Å². The molecule has 9 nitrogen and oxygen atoms in total. The van der Waals surface area contributed by atoms with Gasteiger partial charge in [0, 0.05) is 5.56 Å². The molecule has 1 unspecified atom stereocenters. The number of anilines is 1. The Kier molecular flexibility index (Phi) is 7.40. The second-order valence-corrected chi connectivity index (χ2v) is 9.00. The van der Waals surface area contributed by atoms with Gasteiger partial charge in [-0.1, -0.05) is 36.1 Å². The number of carbonyl (C=O) groups excluding carboxylic acids is 3. The summed E-state index contributed by atoms with van der Waals surface area (Å²) in [6.07, 6.45) is 1.60. The Morgan fingerprint density at radius 2 is 1.95 bits per heavy atom. The number of aryl methyl sites for hydroxylation is 1. The molecule has 1 amide bonds. The van der Waals surface area contributed by atoms with Crippen molar-refractivity contribution in [2.24, 2.45) is 0 Å². The lowest BCUT2D eigenvalue weighted by molar-refractivity contribution is -0.132. The predicted octanol–water partition coefficient (Wildman–Crippen LogP) is 4.52. The number of esters is 1. The van der Waals surface area contributed by atoms with Crippen LogP contribution >= 0.6 is 11.3 Å². The van der Waals surface area contributed by atoms with E-state index in [0.717, 1.165) is 16.2 Å². The zero-order chi connectivity index (χ0) is 26.7. The van der Waals surface area contributed by atoms with Gasteiger partial charge in [-0.15, -0.1) is 0 Å². The van der Waals surface area contributed by atoms with E-state index in [4.69, 9.17) is 9.47 Å². The Hall–Kier alpha value is -4.44. The van der Waals surface area contributed by atoms with Crippen LogP contribution in [0.5, 0.6) is 11.5 Å². The van der Waals surface area contributed by atoms with Gasteiger partial charge in [-0.05, 0) is 55.8 Å². The number of Topliss-reactive ketones (excluding diaryl/α,β-unsaturated/α-hetero) is 1. The molecule has 1 atom stereocenters. The third-order valence-electron chi connectivity index (χ3n) is 5.58. The number of hydrogen-bond acceptors (Lipinski definition) is 9. The van der Waals surface area contributed by atoms with E-state index < -0.39 is 29.5 Å². The van der Waals surface area contributed by atoms with E-state index in [2.05, 4.69) is 11.6 Å². The summed E-state index contributed by atoms with van der Waals surface area (Å²) in [6, 6.07) is 11.3. The van der Waals surface area contributed by atoms with E-state index in [0.29, 0.717) is 23.6 Å². The number of ether oxygens (including phenoxy) is 2. The molecular weight excluding hydrogens is 496 g/mol. The van der Waals surface area contributed by atoms with Gasteiger partial charge in [0.25, 0.3) is 5.78 Å². The van der Waals surface area contributed by atoms with Crippen LogP contribution in [0, 0.1) is 6.92 Å². The molecule has 1 aliphatic heterocycles. The molecule has 0 aliphatic carbocycles. The predicted molar refractivity (Wildman–Crippen MR) is 138 cm³/mol. The van der Waals surface area contributed by atoms with Gasteiger partial charge in [0.2, 0.25) is 0 Å². The number of aromatic nitrogens is 1. The van der Waals surface area contributed by atoms with Gasteiger partial charge in [0.05, 0.1) is 23.9 Å². The van der Waals surface area contributed by atoms with Gasteiger partial charge in [-0.2, -0.15) is 0 Å². The summed E-state index contributed by atoms with van der Waals surface area (Å²) >= 11 is 0.908. The quantitative estimate of drug-likeness (QED) is 0.146. The number of ketones is 1. The number of aromatic hydroxyl groups is 1. The molecule has 190 valence electrons. The van der Waals surface area contributed by atoms with Crippen molar-refractivity contribution >= 4 is 39.9 Å². The summed E-state index contributed by atoms with van der Waals surface area (Å²) in [4.78, 5) is 44.6. The van der Waals surface area contributed by atoms with Gasteiger partial charge in [-0.3, -0.25) is 14.5 Å². The highest BCUT2D eigenvalue weighted by atomic mass is 32.1. The highest BCUT2D eigenvalue weighted by molar-refractivity contribution is 7.17. The molecule has 37 heavy (non-hydrogen) atoms. The van der Waals surface area contributed by atoms with Crippen molar-refractivity contribution in [3.8, 4) is 11.5 Å². The first-order chi connectivity index (χ1) is 17.8. The average Bonchev–Trinajstić information content (AvgIpc) is 3.39. The first kappa shape index (κ1) is 25.6. The molecule has 1 fully saturated rings. The van der Waals surface area contributed by atoms with Crippen LogP contribution in [0.15, 0.2) is 66.8 Å². The van der Waals surface area contributed by atoms with Crippen molar-refractivity contribution < 1.29 is 34.1 Å². The van der Waals surface area contributed by atoms with Crippen LogP contribution in [-0.4, -0.2) is 46.1 Å². The zero-order valence-electron chi connectivity index (χ0n) is 20.1. The van der Waals surface area contributed by atoms with Crippen molar-refractivity contribution in [1.29, 1.82) is 0 Å². The van der Waals surface area contributed by atoms with E-state index >= 15 is 0 Å². The molecule has 1 saturated heterocycles. The minimum atomic E-state index is -1.11. The summed E-state index contributed by atoms with van der Waals surface area (Å²) in [5.41, 5.74) is 0.819. The summed E-state index contributed by atoms with van der Waals surface area (Å²) in [5, 5.41) is 21.4. The molecule has 0 radical (unpaired) electrons. The molecule has 1 aliphatic rings. The van der Waals surface area contributed by atoms with Crippen molar-refractivity contribution in [2.75, 3.05) is 18.1 Å².